The second kappa shape index (κ2) is 12.6. The first-order valence-electron chi connectivity index (χ1n) is 15.7. The van der Waals surface area contributed by atoms with Crippen molar-refractivity contribution in [3.63, 3.8) is 0 Å². The van der Waals surface area contributed by atoms with E-state index in [9.17, 15) is 4.79 Å². The van der Waals surface area contributed by atoms with E-state index in [2.05, 4.69) is 110 Å². The van der Waals surface area contributed by atoms with E-state index in [1.165, 1.54) is 10.4 Å². The smallest absolute Gasteiger partial charge is 0.319 e. The van der Waals surface area contributed by atoms with Gasteiger partial charge in [-0.05, 0) is 39.5 Å². The first kappa shape index (κ1) is 31.3. The van der Waals surface area contributed by atoms with Crippen molar-refractivity contribution in [1.82, 2.24) is 24.8 Å². The number of H-pyrrole nitrogens is 1. The molecular formula is C37H42N6O2Si. The highest BCUT2D eigenvalue weighted by molar-refractivity contribution is 6.99. The van der Waals surface area contributed by atoms with Crippen LogP contribution in [0.1, 0.15) is 38.4 Å². The molecule has 3 aromatic carbocycles. The number of amides is 2. The molecule has 9 heteroatoms. The third kappa shape index (κ3) is 5.72. The van der Waals surface area contributed by atoms with Gasteiger partial charge in [-0.3, -0.25) is 0 Å². The van der Waals surface area contributed by atoms with Gasteiger partial charge < -0.3 is 24.9 Å². The Bertz CT molecular complexity index is 1840. The van der Waals surface area contributed by atoms with Crippen LogP contribution in [0.2, 0.25) is 5.04 Å². The minimum Gasteiger partial charge on any atom is -0.403 e. The van der Waals surface area contributed by atoms with Gasteiger partial charge in [0.1, 0.15) is 12.0 Å². The Morgan fingerprint density at radius 1 is 0.978 bits per heavy atom. The summed E-state index contributed by atoms with van der Waals surface area (Å²) in [5.74, 6) is 0. The Kier molecular flexibility index (Phi) is 8.54. The van der Waals surface area contributed by atoms with E-state index in [-0.39, 0.29) is 11.1 Å². The summed E-state index contributed by atoms with van der Waals surface area (Å²) in [6.07, 6.45) is 4.47. The van der Waals surface area contributed by atoms with Crippen molar-refractivity contribution in [3.05, 3.63) is 109 Å². The van der Waals surface area contributed by atoms with Gasteiger partial charge in [0, 0.05) is 55.1 Å². The minimum absolute atomic E-state index is 0.0228. The van der Waals surface area contributed by atoms with Gasteiger partial charge in [0.2, 0.25) is 0 Å². The Hall–Kier alpha value is -4.73. The van der Waals surface area contributed by atoms with Crippen LogP contribution in [0.15, 0.2) is 97.3 Å². The van der Waals surface area contributed by atoms with Crippen LogP contribution in [-0.4, -0.2) is 66.3 Å². The van der Waals surface area contributed by atoms with Gasteiger partial charge in [-0.15, -0.1) is 0 Å². The fraction of sp³-hybridized carbons (Fsp3) is 0.270. The molecule has 2 amide bonds. The topological polar surface area (TPSA) is 100 Å². The predicted octanol–water partition coefficient (Wildman–Crippen LogP) is 6.05. The van der Waals surface area contributed by atoms with E-state index in [0.29, 0.717) is 25.4 Å². The number of carbonyl (C=O) groups excluding carboxylic acids is 1. The van der Waals surface area contributed by atoms with Crippen molar-refractivity contribution in [2.75, 3.05) is 32.9 Å². The van der Waals surface area contributed by atoms with Gasteiger partial charge in [-0.1, -0.05) is 99.6 Å². The van der Waals surface area contributed by atoms with Crippen molar-refractivity contribution < 1.29 is 9.22 Å². The van der Waals surface area contributed by atoms with Crippen molar-refractivity contribution in [1.29, 1.82) is 0 Å². The third-order valence-corrected chi connectivity index (χ3v) is 13.9. The molecule has 236 valence electrons. The lowest BCUT2D eigenvalue weighted by atomic mass is 10.0. The summed E-state index contributed by atoms with van der Waals surface area (Å²) in [4.78, 5) is 28.8. The molecule has 1 aliphatic rings. The Labute approximate surface area is 272 Å². The summed E-state index contributed by atoms with van der Waals surface area (Å²) in [5, 5.41) is 3.19. The fourth-order valence-corrected chi connectivity index (χ4v) is 11.1. The van der Waals surface area contributed by atoms with Crippen molar-refractivity contribution in [2.45, 2.75) is 38.8 Å². The number of benzene rings is 3. The summed E-state index contributed by atoms with van der Waals surface area (Å²) in [6.45, 7) is 8.39. The molecule has 0 bridgehead atoms. The van der Waals surface area contributed by atoms with E-state index in [0.717, 1.165) is 45.5 Å². The standard InChI is InChI=1S/C37H42N6O2Si/c1-37(2,3)46(27-13-8-6-9-14-27,28-15-10-7-11-16-28)45-24-31-29(17-12-18-32(31)38)34-30-23-33(41-35(30)40-25-39-34)26-19-21-43(22-20-26)36(44)42(4)5/h6-19,23,25H,20-22,24,38H2,1-5H3,(H,39,40,41). The van der Waals surface area contributed by atoms with E-state index in [1.54, 1.807) is 25.3 Å². The second-order valence-electron chi connectivity index (χ2n) is 13.1. The quantitative estimate of drug-likeness (QED) is 0.168. The molecular weight excluding hydrogens is 589 g/mol. The molecule has 3 N–H and O–H groups in total. The fourth-order valence-electron chi connectivity index (χ4n) is 6.63. The maximum Gasteiger partial charge on any atom is 0.319 e. The first-order chi connectivity index (χ1) is 22.1. The number of aromatic nitrogens is 3. The number of carbonyl (C=O) groups is 1. The molecule has 1 aliphatic heterocycles. The summed E-state index contributed by atoms with van der Waals surface area (Å²) in [6, 6.07) is 29.4. The number of anilines is 1. The average molecular weight is 631 g/mol. The van der Waals surface area contributed by atoms with Crippen LogP contribution in [0, 0.1) is 0 Å². The highest BCUT2D eigenvalue weighted by atomic mass is 28.4. The number of aromatic amines is 1. The van der Waals surface area contributed by atoms with Crippen LogP contribution in [0.5, 0.6) is 0 Å². The molecule has 8 nitrogen and oxygen atoms in total. The summed E-state index contributed by atoms with van der Waals surface area (Å²) >= 11 is 0. The molecule has 6 rings (SSSR count). The van der Waals surface area contributed by atoms with Crippen LogP contribution in [0.4, 0.5) is 10.5 Å². The lowest BCUT2D eigenvalue weighted by Gasteiger charge is -2.43. The van der Waals surface area contributed by atoms with Crippen LogP contribution in [0.3, 0.4) is 0 Å². The molecule has 0 saturated carbocycles. The van der Waals surface area contributed by atoms with Gasteiger partial charge in [-0.25, -0.2) is 14.8 Å². The molecule has 3 heterocycles. The van der Waals surface area contributed by atoms with E-state index >= 15 is 0 Å². The number of fused-ring (bicyclic) bond motifs is 1. The largest absolute Gasteiger partial charge is 0.403 e. The lowest BCUT2D eigenvalue weighted by molar-refractivity contribution is 0.176. The van der Waals surface area contributed by atoms with Gasteiger partial charge in [-0.2, -0.15) is 0 Å². The van der Waals surface area contributed by atoms with Gasteiger partial charge >= 0.3 is 6.03 Å². The maximum atomic E-state index is 12.5. The van der Waals surface area contributed by atoms with Gasteiger partial charge in [0.25, 0.3) is 8.32 Å². The van der Waals surface area contributed by atoms with E-state index < -0.39 is 8.32 Å². The molecule has 2 aromatic heterocycles. The molecule has 46 heavy (non-hydrogen) atoms. The van der Waals surface area contributed by atoms with Gasteiger partial charge in [0.15, 0.2) is 0 Å². The molecule has 0 fully saturated rings. The molecule has 0 unspecified atom stereocenters. The third-order valence-electron chi connectivity index (χ3n) is 8.95. The lowest BCUT2D eigenvalue weighted by Crippen LogP contribution is -2.66. The van der Waals surface area contributed by atoms with Crippen LogP contribution >= 0.6 is 0 Å². The number of hydrogen-bond acceptors (Lipinski definition) is 5. The maximum absolute atomic E-state index is 12.5. The Balaban J connectivity index is 1.39. The van der Waals surface area contributed by atoms with E-state index in [4.69, 9.17) is 15.1 Å². The average Bonchev–Trinajstić information content (AvgIpc) is 3.50. The number of nitrogens with two attached hydrogens (primary N) is 1. The molecule has 5 aromatic rings. The normalized spacial score (nSPS) is 13.9. The second-order valence-corrected chi connectivity index (χ2v) is 17.4. The highest BCUT2D eigenvalue weighted by Gasteiger charge is 2.50. The van der Waals surface area contributed by atoms with Crippen LogP contribution < -0.4 is 16.1 Å². The number of nitrogens with zero attached hydrogens (tertiary/aromatic N) is 4. The molecule has 0 saturated heterocycles. The van der Waals surface area contributed by atoms with Crippen LogP contribution in [0.25, 0.3) is 27.9 Å². The number of urea groups is 1. The molecule has 0 spiro atoms. The minimum atomic E-state index is -2.80. The number of hydrogen-bond donors (Lipinski definition) is 2. The monoisotopic (exact) mass is 630 g/mol. The zero-order valence-electron chi connectivity index (χ0n) is 27.2. The van der Waals surface area contributed by atoms with Crippen molar-refractivity contribution in [2.24, 2.45) is 0 Å². The van der Waals surface area contributed by atoms with Gasteiger partial charge in [0.05, 0.1) is 12.3 Å². The SMILES string of the molecule is CN(C)C(=O)N1CC=C(c2cc3c(-c4cccc(N)c4CO[Si](c4ccccc4)(c4ccccc4)C(C)(C)C)ncnc3[nH]2)CC1. The highest BCUT2D eigenvalue weighted by Crippen LogP contribution is 2.39. The first-order valence-corrected chi connectivity index (χ1v) is 17.6. The molecule has 0 radical (unpaired) electrons. The summed E-state index contributed by atoms with van der Waals surface area (Å²) in [5.41, 5.74) is 13.0. The Morgan fingerprint density at radius 3 is 2.24 bits per heavy atom. The van der Waals surface area contributed by atoms with Crippen LogP contribution in [-0.2, 0) is 11.0 Å². The molecule has 0 aliphatic carbocycles. The number of nitrogen functional groups attached to an aromatic ring is 1. The zero-order valence-corrected chi connectivity index (χ0v) is 28.2. The van der Waals surface area contributed by atoms with Crippen molar-refractivity contribution in [3.8, 4) is 11.3 Å². The van der Waals surface area contributed by atoms with Crippen molar-refractivity contribution >= 4 is 47.0 Å². The zero-order chi connectivity index (χ0) is 32.5. The number of rotatable bonds is 7. The Morgan fingerprint density at radius 2 is 1.65 bits per heavy atom. The molecule has 0 atom stereocenters. The van der Waals surface area contributed by atoms with E-state index in [1.807, 2.05) is 17.0 Å². The summed E-state index contributed by atoms with van der Waals surface area (Å²) < 4.78 is 7.32. The number of nitrogens with one attached hydrogen (secondary N) is 1. The predicted molar refractivity (Wildman–Crippen MR) is 189 cm³/mol. The summed E-state index contributed by atoms with van der Waals surface area (Å²) in [7, 11) is 0.758.